The van der Waals surface area contributed by atoms with Crippen LogP contribution in [-0.4, -0.2) is 10.9 Å². The molecule has 1 heterocycles. The summed E-state index contributed by atoms with van der Waals surface area (Å²) in [6.45, 7) is 7.56. The van der Waals surface area contributed by atoms with Crippen LogP contribution in [0.5, 0.6) is 0 Å². The molecule has 0 bridgehead atoms. The summed E-state index contributed by atoms with van der Waals surface area (Å²) in [5.41, 5.74) is 2.42. The Balaban J connectivity index is 2.23. The third kappa shape index (κ3) is 4.30. The predicted molar refractivity (Wildman–Crippen MR) is 91.5 cm³/mol. The molecule has 0 radical (unpaired) electrons. The molecule has 0 fully saturated rings. The van der Waals surface area contributed by atoms with Crippen LogP contribution in [0, 0.1) is 23.7 Å². The van der Waals surface area contributed by atoms with E-state index in [1.807, 2.05) is 52.0 Å². The second-order valence-electron chi connectivity index (χ2n) is 6.38. The third-order valence-electron chi connectivity index (χ3n) is 3.30. The Labute approximate surface area is 136 Å². The summed E-state index contributed by atoms with van der Waals surface area (Å²) in [6.07, 6.45) is 0. The maximum Gasteiger partial charge on any atom is 0.229 e. The number of aromatic nitrogens is 1. The average Bonchev–Trinajstić information content (AvgIpc) is 2.50. The fourth-order valence-electron chi connectivity index (χ4n) is 1.86. The molecular weight excluding hydrogens is 288 g/mol. The van der Waals surface area contributed by atoms with E-state index in [1.165, 1.54) is 0 Å². The molecule has 2 aromatic rings. The lowest BCUT2D eigenvalue weighted by Gasteiger charge is -2.19. The number of nitrogens with zero attached hydrogens (tertiary/aromatic N) is 2. The van der Waals surface area contributed by atoms with E-state index in [1.54, 1.807) is 18.2 Å². The van der Waals surface area contributed by atoms with E-state index in [-0.39, 0.29) is 5.91 Å². The van der Waals surface area contributed by atoms with Gasteiger partial charge in [0.25, 0.3) is 0 Å². The highest BCUT2D eigenvalue weighted by Crippen LogP contribution is 2.25. The second kappa shape index (κ2) is 6.49. The Kier molecular flexibility index (Phi) is 4.65. The number of hydrogen-bond donors (Lipinski definition) is 2. The fourth-order valence-corrected chi connectivity index (χ4v) is 1.86. The first-order valence-electron chi connectivity index (χ1n) is 7.36. The van der Waals surface area contributed by atoms with Crippen molar-refractivity contribution in [2.45, 2.75) is 27.7 Å². The van der Waals surface area contributed by atoms with E-state index in [0.717, 1.165) is 16.9 Å². The molecule has 1 amide bonds. The Morgan fingerprint density at radius 3 is 2.61 bits per heavy atom. The number of amides is 1. The van der Waals surface area contributed by atoms with Gasteiger partial charge in [-0.1, -0.05) is 32.9 Å². The normalized spacial score (nSPS) is 10.7. The summed E-state index contributed by atoms with van der Waals surface area (Å²) in [5.74, 6) is 0.545. The van der Waals surface area contributed by atoms with E-state index >= 15 is 0 Å². The molecule has 5 nitrogen and oxygen atoms in total. The van der Waals surface area contributed by atoms with Crippen LogP contribution in [0.4, 0.5) is 17.2 Å². The number of anilines is 3. The molecule has 0 spiro atoms. The SMILES string of the molecule is Cc1ccc(Nc2cccc(C#N)n2)cc1NC(=O)C(C)(C)C. The van der Waals surface area contributed by atoms with E-state index in [0.29, 0.717) is 11.5 Å². The van der Waals surface area contributed by atoms with Crippen LogP contribution in [0.2, 0.25) is 0 Å². The predicted octanol–water partition coefficient (Wildman–Crippen LogP) is 3.99. The zero-order valence-corrected chi connectivity index (χ0v) is 13.8. The Morgan fingerprint density at radius 1 is 1.22 bits per heavy atom. The zero-order chi connectivity index (χ0) is 17.0. The molecule has 1 aromatic heterocycles. The summed E-state index contributed by atoms with van der Waals surface area (Å²) in [6, 6.07) is 12.9. The highest BCUT2D eigenvalue weighted by Gasteiger charge is 2.21. The van der Waals surface area contributed by atoms with E-state index < -0.39 is 5.41 Å². The Morgan fingerprint density at radius 2 is 1.96 bits per heavy atom. The van der Waals surface area contributed by atoms with Crippen molar-refractivity contribution in [3.63, 3.8) is 0 Å². The highest BCUT2D eigenvalue weighted by molar-refractivity contribution is 5.95. The zero-order valence-electron chi connectivity index (χ0n) is 13.8. The molecular formula is C18H20N4O. The maximum atomic E-state index is 12.2. The minimum absolute atomic E-state index is 0.0395. The number of rotatable bonds is 3. The lowest BCUT2D eigenvalue weighted by molar-refractivity contribution is -0.123. The van der Waals surface area contributed by atoms with Crippen LogP contribution in [-0.2, 0) is 4.79 Å². The summed E-state index contributed by atoms with van der Waals surface area (Å²) in [5, 5.41) is 15.0. The molecule has 118 valence electrons. The van der Waals surface area contributed by atoms with Crippen LogP contribution in [0.3, 0.4) is 0 Å². The summed E-state index contributed by atoms with van der Waals surface area (Å²) in [7, 11) is 0. The van der Waals surface area contributed by atoms with Crippen molar-refractivity contribution in [1.29, 1.82) is 5.26 Å². The van der Waals surface area contributed by atoms with Crippen LogP contribution in [0.1, 0.15) is 32.0 Å². The van der Waals surface area contributed by atoms with Crippen molar-refractivity contribution < 1.29 is 4.79 Å². The second-order valence-corrected chi connectivity index (χ2v) is 6.38. The summed E-state index contributed by atoms with van der Waals surface area (Å²) < 4.78 is 0. The van der Waals surface area contributed by atoms with Crippen molar-refractivity contribution >= 4 is 23.1 Å². The smallest absolute Gasteiger partial charge is 0.229 e. The molecule has 0 aliphatic carbocycles. The van der Waals surface area contributed by atoms with Crippen LogP contribution < -0.4 is 10.6 Å². The topological polar surface area (TPSA) is 77.8 Å². The van der Waals surface area contributed by atoms with Gasteiger partial charge in [-0.15, -0.1) is 0 Å². The quantitative estimate of drug-likeness (QED) is 0.898. The first kappa shape index (κ1) is 16.5. The maximum absolute atomic E-state index is 12.2. The van der Waals surface area contributed by atoms with Crippen molar-refractivity contribution in [1.82, 2.24) is 4.98 Å². The van der Waals surface area contributed by atoms with Gasteiger partial charge < -0.3 is 10.6 Å². The lowest BCUT2D eigenvalue weighted by Crippen LogP contribution is -2.27. The van der Waals surface area contributed by atoms with Gasteiger partial charge >= 0.3 is 0 Å². The lowest BCUT2D eigenvalue weighted by atomic mass is 9.95. The summed E-state index contributed by atoms with van der Waals surface area (Å²) in [4.78, 5) is 16.3. The molecule has 5 heteroatoms. The van der Waals surface area contributed by atoms with Crippen molar-refractivity contribution in [3.8, 4) is 6.07 Å². The standard InChI is InChI=1S/C18H20N4O/c1-12-8-9-13(10-15(12)22-17(23)18(2,3)4)20-16-7-5-6-14(11-19)21-16/h5-10H,1-4H3,(H,20,21)(H,22,23). The van der Waals surface area contributed by atoms with Crippen LogP contribution >= 0.6 is 0 Å². The number of aryl methyl sites for hydroxylation is 1. The minimum Gasteiger partial charge on any atom is -0.340 e. The van der Waals surface area contributed by atoms with Gasteiger partial charge in [-0.05, 0) is 36.8 Å². The molecule has 0 saturated heterocycles. The van der Waals surface area contributed by atoms with E-state index in [4.69, 9.17) is 5.26 Å². The number of benzene rings is 1. The molecule has 0 saturated carbocycles. The van der Waals surface area contributed by atoms with Crippen LogP contribution in [0.25, 0.3) is 0 Å². The highest BCUT2D eigenvalue weighted by atomic mass is 16.2. The average molecular weight is 308 g/mol. The molecule has 2 N–H and O–H groups in total. The summed E-state index contributed by atoms with van der Waals surface area (Å²) >= 11 is 0. The number of pyridine rings is 1. The third-order valence-corrected chi connectivity index (χ3v) is 3.30. The van der Waals surface area contributed by atoms with Gasteiger partial charge in [-0.2, -0.15) is 5.26 Å². The van der Waals surface area contributed by atoms with Gasteiger partial charge in [0.15, 0.2) is 0 Å². The largest absolute Gasteiger partial charge is 0.340 e. The van der Waals surface area contributed by atoms with Gasteiger partial charge in [-0.3, -0.25) is 4.79 Å². The van der Waals surface area contributed by atoms with Crippen molar-refractivity contribution in [3.05, 3.63) is 47.7 Å². The van der Waals surface area contributed by atoms with Crippen molar-refractivity contribution in [2.75, 3.05) is 10.6 Å². The molecule has 2 rings (SSSR count). The first-order valence-corrected chi connectivity index (χ1v) is 7.36. The number of nitriles is 1. The van der Waals surface area contributed by atoms with Crippen molar-refractivity contribution in [2.24, 2.45) is 5.41 Å². The number of carbonyl (C=O) groups excluding carboxylic acids is 1. The Bertz CT molecular complexity index is 769. The molecule has 0 aliphatic heterocycles. The van der Waals surface area contributed by atoms with Gasteiger partial charge in [0.2, 0.25) is 5.91 Å². The van der Waals surface area contributed by atoms with Gasteiger partial charge in [0.1, 0.15) is 17.6 Å². The fraction of sp³-hybridized carbons (Fsp3) is 0.278. The number of carbonyl (C=O) groups is 1. The minimum atomic E-state index is -0.460. The molecule has 0 aliphatic rings. The molecule has 1 aromatic carbocycles. The van der Waals surface area contributed by atoms with E-state index in [9.17, 15) is 4.79 Å². The van der Waals surface area contributed by atoms with E-state index in [2.05, 4.69) is 15.6 Å². The van der Waals surface area contributed by atoms with Gasteiger partial charge in [0.05, 0.1) is 0 Å². The monoisotopic (exact) mass is 308 g/mol. The number of nitrogens with one attached hydrogen (secondary N) is 2. The van der Waals surface area contributed by atoms with Gasteiger partial charge in [0, 0.05) is 16.8 Å². The molecule has 0 atom stereocenters. The van der Waals surface area contributed by atoms with Gasteiger partial charge in [-0.25, -0.2) is 4.98 Å². The first-order chi connectivity index (χ1) is 10.8. The van der Waals surface area contributed by atoms with Crippen LogP contribution in [0.15, 0.2) is 36.4 Å². The molecule has 0 unspecified atom stereocenters. The Hall–Kier alpha value is -2.87. The molecule has 23 heavy (non-hydrogen) atoms. The number of hydrogen-bond acceptors (Lipinski definition) is 4.